The van der Waals surface area contributed by atoms with Crippen LogP contribution in [0.1, 0.15) is 36.8 Å². The van der Waals surface area contributed by atoms with Crippen molar-refractivity contribution in [2.75, 3.05) is 60.0 Å². The molecular formula is C18H32N6O2. The molecule has 0 saturated carbocycles. The predicted molar refractivity (Wildman–Crippen MR) is 98.8 cm³/mol. The summed E-state index contributed by atoms with van der Waals surface area (Å²) in [6, 6.07) is 0. The maximum absolute atomic E-state index is 11.7. The van der Waals surface area contributed by atoms with E-state index in [1.54, 1.807) is 4.90 Å². The number of morpholine rings is 1. The number of carbonyl (C=O) groups excluding carboxylic acids is 1. The van der Waals surface area contributed by atoms with Gasteiger partial charge < -0.3 is 19.1 Å². The molecule has 3 heterocycles. The molecule has 0 aliphatic carbocycles. The van der Waals surface area contributed by atoms with Gasteiger partial charge in [-0.05, 0) is 25.9 Å². The van der Waals surface area contributed by atoms with E-state index in [0.29, 0.717) is 12.3 Å². The van der Waals surface area contributed by atoms with Crippen LogP contribution in [0.15, 0.2) is 0 Å². The van der Waals surface area contributed by atoms with Crippen molar-refractivity contribution in [2.24, 2.45) is 7.05 Å². The van der Waals surface area contributed by atoms with Gasteiger partial charge in [-0.15, -0.1) is 10.2 Å². The van der Waals surface area contributed by atoms with Crippen molar-refractivity contribution in [1.82, 2.24) is 29.5 Å². The fraction of sp³-hybridized carbons (Fsp3) is 0.833. The number of likely N-dealkylation sites (tertiary alicyclic amines) is 1. The van der Waals surface area contributed by atoms with Crippen molar-refractivity contribution in [1.29, 1.82) is 0 Å². The average molecular weight is 364 g/mol. The summed E-state index contributed by atoms with van der Waals surface area (Å²) < 4.78 is 7.60. The molecule has 0 aromatic carbocycles. The molecule has 0 N–H and O–H groups in total. The third kappa shape index (κ3) is 4.81. The highest BCUT2D eigenvalue weighted by Gasteiger charge is 2.26. The quantitative estimate of drug-likeness (QED) is 0.724. The lowest BCUT2D eigenvalue weighted by Crippen LogP contribution is -2.37. The summed E-state index contributed by atoms with van der Waals surface area (Å²) >= 11 is 0. The van der Waals surface area contributed by atoms with Crippen LogP contribution in [0.5, 0.6) is 0 Å². The van der Waals surface area contributed by atoms with Gasteiger partial charge in [0.1, 0.15) is 11.6 Å². The zero-order valence-electron chi connectivity index (χ0n) is 16.4. The molecule has 146 valence electrons. The second-order valence-corrected chi connectivity index (χ2v) is 7.58. The lowest BCUT2D eigenvalue weighted by atomic mass is 9.96. The van der Waals surface area contributed by atoms with Crippen molar-refractivity contribution < 1.29 is 9.53 Å². The van der Waals surface area contributed by atoms with Crippen LogP contribution in [0, 0.1) is 0 Å². The van der Waals surface area contributed by atoms with E-state index in [4.69, 9.17) is 4.74 Å². The first-order valence-electron chi connectivity index (χ1n) is 9.65. The number of rotatable bonds is 6. The number of carbonyl (C=O) groups is 1. The minimum atomic E-state index is 0.202. The standard InChI is InChI=1S/C18H32N6O2/c1-21(2)17(25)6-9-23-7-4-15(5-8-23)18-20-19-16(22(18)3)14-24-10-12-26-13-11-24/h15H,4-14H2,1-3H3. The van der Waals surface area contributed by atoms with Crippen LogP contribution in [0.25, 0.3) is 0 Å². The van der Waals surface area contributed by atoms with E-state index in [1.807, 2.05) is 14.1 Å². The Morgan fingerprint density at radius 3 is 2.46 bits per heavy atom. The van der Waals surface area contributed by atoms with E-state index in [1.165, 1.54) is 0 Å². The van der Waals surface area contributed by atoms with Gasteiger partial charge in [-0.3, -0.25) is 9.69 Å². The van der Waals surface area contributed by atoms with Gasteiger partial charge in [0.05, 0.1) is 19.8 Å². The Bertz CT molecular complexity index is 589. The van der Waals surface area contributed by atoms with Crippen molar-refractivity contribution in [3.05, 3.63) is 11.6 Å². The minimum Gasteiger partial charge on any atom is -0.379 e. The monoisotopic (exact) mass is 364 g/mol. The van der Waals surface area contributed by atoms with Gasteiger partial charge in [-0.1, -0.05) is 0 Å². The van der Waals surface area contributed by atoms with Crippen LogP contribution < -0.4 is 0 Å². The summed E-state index contributed by atoms with van der Waals surface area (Å²) in [4.78, 5) is 18.2. The topological polar surface area (TPSA) is 66.7 Å². The van der Waals surface area contributed by atoms with Crippen LogP contribution in [-0.4, -0.2) is 95.4 Å². The molecule has 1 aromatic rings. The molecule has 3 rings (SSSR count). The second-order valence-electron chi connectivity index (χ2n) is 7.58. The fourth-order valence-electron chi connectivity index (χ4n) is 3.72. The molecular weight excluding hydrogens is 332 g/mol. The molecule has 0 spiro atoms. The summed E-state index contributed by atoms with van der Waals surface area (Å²) in [6.07, 6.45) is 2.77. The lowest BCUT2D eigenvalue weighted by Gasteiger charge is -2.31. The number of ether oxygens (including phenoxy) is 1. The first kappa shape index (κ1) is 19.3. The number of hydrogen-bond donors (Lipinski definition) is 0. The highest BCUT2D eigenvalue weighted by Crippen LogP contribution is 2.27. The average Bonchev–Trinajstić information content (AvgIpc) is 3.01. The minimum absolute atomic E-state index is 0.202. The van der Waals surface area contributed by atoms with Crippen LogP contribution in [-0.2, 0) is 23.1 Å². The smallest absolute Gasteiger partial charge is 0.223 e. The molecule has 2 fully saturated rings. The molecule has 2 aliphatic rings. The van der Waals surface area contributed by atoms with Gasteiger partial charge >= 0.3 is 0 Å². The summed E-state index contributed by atoms with van der Waals surface area (Å²) in [5.41, 5.74) is 0. The van der Waals surface area contributed by atoms with Gasteiger partial charge in [0, 0.05) is 53.1 Å². The summed E-state index contributed by atoms with van der Waals surface area (Å²) in [7, 11) is 5.72. The zero-order valence-corrected chi connectivity index (χ0v) is 16.4. The van der Waals surface area contributed by atoms with Gasteiger partial charge in [0.15, 0.2) is 0 Å². The Labute approximate surface area is 156 Å². The first-order valence-corrected chi connectivity index (χ1v) is 9.65. The number of nitrogens with zero attached hydrogens (tertiary/aromatic N) is 6. The molecule has 1 amide bonds. The summed E-state index contributed by atoms with van der Waals surface area (Å²) in [6.45, 7) is 7.29. The van der Waals surface area contributed by atoms with E-state index in [9.17, 15) is 4.79 Å². The van der Waals surface area contributed by atoms with Crippen molar-refractivity contribution in [3.63, 3.8) is 0 Å². The largest absolute Gasteiger partial charge is 0.379 e. The maximum atomic E-state index is 11.7. The molecule has 0 atom stereocenters. The SMILES string of the molecule is CN(C)C(=O)CCN1CCC(c2nnc(CN3CCOCC3)n2C)CC1. The Hall–Kier alpha value is -1.51. The van der Waals surface area contributed by atoms with E-state index < -0.39 is 0 Å². The normalized spacial score (nSPS) is 20.4. The van der Waals surface area contributed by atoms with E-state index >= 15 is 0 Å². The van der Waals surface area contributed by atoms with Crippen LogP contribution >= 0.6 is 0 Å². The predicted octanol–water partition coefficient (Wildman–Crippen LogP) is 0.305. The number of amides is 1. The van der Waals surface area contributed by atoms with E-state index in [-0.39, 0.29) is 5.91 Å². The van der Waals surface area contributed by atoms with E-state index in [2.05, 4.69) is 31.6 Å². The van der Waals surface area contributed by atoms with Crippen LogP contribution in [0.4, 0.5) is 0 Å². The third-order valence-corrected chi connectivity index (χ3v) is 5.56. The molecule has 1 aromatic heterocycles. The fourth-order valence-corrected chi connectivity index (χ4v) is 3.72. The number of hydrogen-bond acceptors (Lipinski definition) is 6. The van der Waals surface area contributed by atoms with Crippen molar-refractivity contribution in [2.45, 2.75) is 31.7 Å². The summed E-state index contributed by atoms with van der Waals surface area (Å²) in [5, 5.41) is 8.95. The molecule has 8 nitrogen and oxygen atoms in total. The molecule has 2 saturated heterocycles. The lowest BCUT2D eigenvalue weighted by molar-refractivity contribution is -0.129. The molecule has 26 heavy (non-hydrogen) atoms. The van der Waals surface area contributed by atoms with Gasteiger partial charge in [0.2, 0.25) is 5.91 Å². The molecule has 0 radical (unpaired) electrons. The molecule has 0 bridgehead atoms. The molecule has 8 heteroatoms. The van der Waals surface area contributed by atoms with Crippen molar-refractivity contribution in [3.8, 4) is 0 Å². The second kappa shape index (κ2) is 8.92. The summed E-state index contributed by atoms with van der Waals surface area (Å²) in [5.74, 6) is 2.82. The zero-order chi connectivity index (χ0) is 18.5. The number of piperidine rings is 1. The molecule has 0 unspecified atom stereocenters. The number of aromatic nitrogens is 3. The Balaban J connectivity index is 1.49. The van der Waals surface area contributed by atoms with Gasteiger partial charge in [-0.2, -0.15) is 0 Å². The van der Waals surface area contributed by atoms with E-state index in [0.717, 1.165) is 77.0 Å². The Morgan fingerprint density at radius 2 is 1.81 bits per heavy atom. The maximum Gasteiger partial charge on any atom is 0.223 e. The highest BCUT2D eigenvalue weighted by molar-refractivity contribution is 5.75. The Morgan fingerprint density at radius 1 is 1.12 bits per heavy atom. The van der Waals surface area contributed by atoms with Gasteiger partial charge in [-0.25, -0.2) is 0 Å². The third-order valence-electron chi connectivity index (χ3n) is 5.56. The van der Waals surface area contributed by atoms with Gasteiger partial charge in [0.25, 0.3) is 0 Å². The molecule has 2 aliphatic heterocycles. The van der Waals surface area contributed by atoms with Crippen LogP contribution in [0.2, 0.25) is 0 Å². The first-order chi connectivity index (χ1) is 12.5. The van der Waals surface area contributed by atoms with Crippen LogP contribution in [0.3, 0.4) is 0 Å². The highest BCUT2D eigenvalue weighted by atomic mass is 16.5. The Kier molecular flexibility index (Phi) is 6.61. The van der Waals surface area contributed by atoms with Crippen molar-refractivity contribution >= 4 is 5.91 Å².